The summed E-state index contributed by atoms with van der Waals surface area (Å²) in [5.41, 5.74) is 2.01. The van der Waals surface area contributed by atoms with Crippen molar-refractivity contribution in [1.82, 2.24) is 10.1 Å². The van der Waals surface area contributed by atoms with E-state index in [-0.39, 0.29) is 11.8 Å². The summed E-state index contributed by atoms with van der Waals surface area (Å²) in [5.74, 6) is 0.370. The normalized spacial score (nSPS) is 16.9. The van der Waals surface area contributed by atoms with E-state index >= 15 is 0 Å². The third-order valence-corrected chi connectivity index (χ3v) is 2.75. The van der Waals surface area contributed by atoms with Crippen LogP contribution >= 0.6 is 11.6 Å². The lowest BCUT2D eigenvalue weighted by molar-refractivity contribution is -0.132. The van der Waals surface area contributed by atoms with Gasteiger partial charge in [-0.25, -0.2) is 0 Å². The Morgan fingerprint density at radius 1 is 1.79 bits per heavy atom. The van der Waals surface area contributed by atoms with Gasteiger partial charge in [0.15, 0.2) is 0 Å². The molecule has 1 aromatic rings. The Balaban J connectivity index is 1.95. The van der Waals surface area contributed by atoms with E-state index in [1.165, 1.54) is 0 Å². The molecule has 0 N–H and O–H groups in total. The minimum Gasteiger partial charge on any atom is -0.364 e. The summed E-state index contributed by atoms with van der Waals surface area (Å²) in [6.45, 7) is 3.37. The van der Waals surface area contributed by atoms with Gasteiger partial charge in [-0.1, -0.05) is 5.16 Å². The van der Waals surface area contributed by atoms with Crippen LogP contribution < -0.4 is 0 Å². The van der Waals surface area contributed by atoms with Crippen molar-refractivity contribution in [3.63, 3.8) is 0 Å². The van der Waals surface area contributed by atoms with Gasteiger partial charge in [0, 0.05) is 24.6 Å². The van der Waals surface area contributed by atoms with Gasteiger partial charge in [0.1, 0.15) is 12.1 Å². The van der Waals surface area contributed by atoms with Gasteiger partial charge in [-0.05, 0) is 6.92 Å². The fourth-order valence-corrected chi connectivity index (χ4v) is 1.80. The number of likely N-dealkylation sites (tertiary alicyclic amines) is 1. The number of hydrogen-bond donors (Lipinski definition) is 0. The Bertz CT molecular complexity index is 344. The number of alkyl halides is 1. The van der Waals surface area contributed by atoms with E-state index in [1.54, 1.807) is 11.2 Å². The van der Waals surface area contributed by atoms with Gasteiger partial charge in [0.05, 0.1) is 5.69 Å². The number of halogens is 1. The number of carbonyl (C=O) groups excluding carboxylic acids is 1. The first-order valence-corrected chi connectivity index (χ1v) is 5.00. The number of aryl methyl sites for hydroxylation is 1. The van der Waals surface area contributed by atoms with Gasteiger partial charge in [-0.3, -0.25) is 4.79 Å². The number of amides is 1. The van der Waals surface area contributed by atoms with Crippen molar-refractivity contribution < 1.29 is 9.32 Å². The van der Waals surface area contributed by atoms with Crippen molar-refractivity contribution in [1.29, 1.82) is 0 Å². The maximum atomic E-state index is 11.1. The Kier molecular flexibility index (Phi) is 2.46. The molecular weight excluding hydrogens is 204 g/mol. The zero-order valence-electron chi connectivity index (χ0n) is 7.86. The highest BCUT2D eigenvalue weighted by Crippen LogP contribution is 2.27. The molecule has 0 bridgehead atoms. The molecule has 1 amide bonds. The number of nitrogens with zero attached hydrogens (tertiary/aromatic N) is 2. The predicted octanol–water partition coefficient (Wildman–Crippen LogP) is 1.15. The fraction of sp³-hybridized carbons (Fsp3) is 0.556. The Hall–Kier alpha value is -1.03. The number of aromatic nitrogens is 1. The molecular formula is C9H11ClN2O2. The van der Waals surface area contributed by atoms with Crippen LogP contribution in [0.4, 0.5) is 0 Å². The van der Waals surface area contributed by atoms with Crippen LogP contribution in [-0.4, -0.2) is 34.9 Å². The molecule has 76 valence electrons. The lowest BCUT2D eigenvalue weighted by Crippen LogP contribution is -2.49. The van der Waals surface area contributed by atoms with Crippen molar-refractivity contribution in [3.05, 3.63) is 17.5 Å². The second-order valence-corrected chi connectivity index (χ2v) is 3.78. The summed E-state index contributed by atoms with van der Waals surface area (Å²) in [6, 6.07) is 0. The molecule has 2 heterocycles. The minimum atomic E-state index is -0.0101. The van der Waals surface area contributed by atoms with Crippen molar-refractivity contribution >= 4 is 17.5 Å². The molecule has 14 heavy (non-hydrogen) atoms. The van der Waals surface area contributed by atoms with Gasteiger partial charge in [0.2, 0.25) is 5.91 Å². The Morgan fingerprint density at radius 3 is 3.00 bits per heavy atom. The van der Waals surface area contributed by atoms with Crippen molar-refractivity contribution in [2.24, 2.45) is 0 Å². The van der Waals surface area contributed by atoms with Crippen molar-refractivity contribution in [3.8, 4) is 0 Å². The number of rotatable bonds is 2. The van der Waals surface area contributed by atoms with Crippen LogP contribution in [0.15, 0.2) is 10.8 Å². The zero-order chi connectivity index (χ0) is 10.1. The van der Waals surface area contributed by atoms with Gasteiger partial charge in [0.25, 0.3) is 0 Å². The van der Waals surface area contributed by atoms with Crippen LogP contribution in [-0.2, 0) is 4.79 Å². The fourth-order valence-electron chi connectivity index (χ4n) is 1.63. The van der Waals surface area contributed by atoms with Gasteiger partial charge < -0.3 is 9.42 Å². The quantitative estimate of drug-likeness (QED) is 0.694. The molecule has 0 radical (unpaired) electrons. The molecule has 2 rings (SSSR count). The lowest BCUT2D eigenvalue weighted by atomic mass is 9.94. The summed E-state index contributed by atoms with van der Waals surface area (Å²) in [5, 5.41) is 3.91. The summed E-state index contributed by atoms with van der Waals surface area (Å²) in [7, 11) is 0. The first-order valence-electron chi connectivity index (χ1n) is 4.47. The van der Waals surface area contributed by atoms with Gasteiger partial charge >= 0.3 is 0 Å². The second kappa shape index (κ2) is 3.61. The first-order chi connectivity index (χ1) is 6.72. The Morgan fingerprint density at radius 2 is 2.50 bits per heavy atom. The zero-order valence-corrected chi connectivity index (χ0v) is 8.62. The summed E-state index contributed by atoms with van der Waals surface area (Å²) in [4.78, 5) is 12.9. The van der Waals surface area contributed by atoms with Crippen LogP contribution in [0.2, 0.25) is 0 Å². The summed E-state index contributed by atoms with van der Waals surface area (Å²) >= 11 is 5.44. The van der Waals surface area contributed by atoms with Crippen LogP contribution in [0.1, 0.15) is 17.2 Å². The van der Waals surface area contributed by atoms with Gasteiger partial charge in [-0.15, -0.1) is 11.6 Å². The van der Waals surface area contributed by atoms with Gasteiger partial charge in [-0.2, -0.15) is 0 Å². The average Bonchev–Trinajstić information content (AvgIpc) is 2.49. The van der Waals surface area contributed by atoms with E-state index in [9.17, 15) is 4.79 Å². The van der Waals surface area contributed by atoms with Crippen LogP contribution in [0.3, 0.4) is 0 Å². The van der Waals surface area contributed by atoms with E-state index in [4.69, 9.17) is 16.1 Å². The first kappa shape index (κ1) is 9.52. The molecule has 0 saturated carbocycles. The SMILES string of the molecule is Cc1conc1C1CN(C(=O)CCl)C1. The standard InChI is InChI=1S/C9H11ClN2O2/c1-6-5-14-11-9(6)7-3-12(4-7)8(13)2-10/h5,7H,2-4H2,1H3. The monoisotopic (exact) mass is 214 g/mol. The smallest absolute Gasteiger partial charge is 0.237 e. The average molecular weight is 215 g/mol. The molecule has 0 unspecified atom stereocenters. The van der Waals surface area contributed by atoms with E-state index in [0.29, 0.717) is 19.0 Å². The largest absolute Gasteiger partial charge is 0.364 e. The second-order valence-electron chi connectivity index (χ2n) is 3.51. The summed E-state index contributed by atoms with van der Waals surface area (Å²) in [6.07, 6.45) is 1.63. The predicted molar refractivity (Wildman–Crippen MR) is 51.3 cm³/mol. The maximum Gasteiger partial charge on any atom is 0.237 e. The van der Waals surface area contributed by atoms with E-state index in [2.05, 4.69) is 5.16 Å². The molecule has 0 atom stereocenters. The molecule has 0 spiro atoms. The molecule has 4 nitrogen and oxygen atoms in total. The Labute approximate surface area is 86.8 Å². The third-order valence-electron chi connectivity index (χ3n) is 2.52. The third kappa shape index (κ3) is 1.50. The van der Waals surface area contributed by atoms with E-state index < -0.39 is 0 Å². The molecule has 1 aromatic heterocycles. The van der Waals surface area contributed by atoms with Crippen LogP contribution in [0.25, 0.3) is 0 Å². The molecule has 0 aliphatic carbocycles. The molecule has 1 fully saturated rings. The molecule has 1 saturated heterocycles. The minimum absolute atomic E-state index is 0.0101. The lowest BCUT2D eigenvalue weighted by Gasteiger charge is -2.38. The van der Waals surface area contributed by atoms with Crippen molar-refractivity contribution in [2.45, 2.75) is 12.8 Å². The highest BCUT2D eigenvalue weighted by molar-refractivity contribution is 6.27. The number of hydrogen-bond acceptors (Lipinski definition) is 3. The van der Waals surface area contributed by atoms with Crippen LogP contribution in [0, 0.1) is 6.92 Å². The molecule has 1 aliphatic heterocycles. The number of carbonyl (C=O) groups is 1. The molecule has 5 heteroatoms. The van der Waals surface area contributed by atoms with E-state index in [1.807, 2.05) is 6.92 Å². The van der Waals surface area contributed by atoms with Crippen LogP contribution in [0.5, 0.6) is 0 Å². The van der Waals surface area contributed by atoms with Crippen molar-refractivity contribution in [2.75, 3.05) is 19.0 Å². The molecule has 0 aromatic carbocycles. The molecule has 1 aliphatic rings. The topological polar surface area (TPSA) is 46.3 Å². The summed E-state index contributed by atoms with van der Waals surface area (Å²) < 4.78 is 4.84. The highest BCUT2D eigenvalue weighted by Gasteiger charge is 2.33. The highest BCUT2D eigenvalue weighted by atomic mass is 35.5. The van der Waals surface area contributed by atoms with E-state index in [0.717, 1.165) is 11.3 Å². The maximum absolute atomic E-state index is 11.1.